The molecule has 0 fully saturated rings. The first-order chi connectivity index (χ1) is 16.3. The van der Waals surface area contributed by atoms with E-state index in [-0.39, 0.29) is 22.7 Å². The Morgan fingerprint density at radius 1 is 0.912 bits per heavy atom. The first-order valence-corrected chi connectivity index (χ1v) is 10.6. The maximum atomic E-state index is 13.9. The van der Waals surface area contributed by atoms with Crippen molar-refractivity contribution in [2.24, 2.45) is 5.10 Å². The summed E-state index contributed by atoms with van der Waals surface area (Å²) in [6.45, 7) is 1.56. The van der Waals surface area contributed by atoms with Gasteiger partial charge in [-0.05, 0) is 49.4 Å². The summed E-state index contributed by atoms with van der Waals surface area (Å²) >= 11 is 3.11. The van der Waals surface area contributed by atoms with Crippen molar-refractivity contribution in [1.29, 1.82) is 0 Å². The first kappa shape index (κ1) is 24.6. The fourth-order valence-corrected chi connectivity index (χ4v) is 3.17. The number of ether oxygens (including phenoxy) is 2. The molecule has 0 aliphatic carbocycles. The van der Waals surface area contributed by atoms with Crippen molar-refractivity contribution in [3.05, 3.63) is 88.1 Å². The van der Waals surface area contributed by atoms with Crippen molar-refractivity contribution < 1.29 is 28.2 Å². The third-order valence-corrected chi connectivity index (χ3v) is 5.01. The highest BCUT2D eigenvalue weighted by Crippen LogP contribution is 2.24. The van der Waals surface area contributed by atoms with Crippen LogP contribution in [0.3, 0.4) is 0 Å². The quantitative estimate of drug-likeness (QED) is 0.163. The van der Waals surface area contributed by atoms with E-state index >= 15 is 0 Å². The third-order valence-electron chi connectivity index (χ3n) is 4.52. The number of hydrogen-bond donors (Lipinski definition) is 2. The summed E-state index contributed by atoms with van der Waals surface area (Å²) in [6, 6.07) is 17.1. The van der Waals surface area contributed by atoms with E-state index in [1.165, 1.54) is 19.2 Å². The number of para-hydroxylation sites is 2. The minimum atomic E-state index is -1.11. The van der Waals surface area contributed by atoms with Crippen LogP contribution in [0.1, 0.15) is 22.8 Å². The lowest BCUT2D eigenvalue weighted by Crippen LogP contribution is -2.33. The minimum absolute atomic E-state index is 0.155. The molecule has 0 aromatic heterocycles. The molecule has 10 heteroatoms. The van der Waals surface area contributed by atoms with Gasteiger partial charge in [0.1, 0.15) is 22.9 Å². The second-order valence-corrected chi connectivity index (χ2v) is 7.72. The molecule has 0 unspecified atom stereocenters. The maximum Gasteiger partial charge on any atom is 0.347 e. The van der Waals surface area contributed by atoms with Gasteiger partial charge in [-0.3, -0.25) is 9.59 Å². The zero-order valence-electron chi connectivity index (χ0n) is 18.1. The van der Waals surface area contributed by atoms with E-state index in [1.807, 2.05) is 0 Å². The summed E-state index contributed by atoms with van der Waals surface area (Å²) in [7, 11) is 1.45. The number of nitrogens with zero attached hydrogens (tertiary/aromatic N) is 1. The molecular weight excluding hydrogens is 509 g/mol. The van der Waals surface area contributed by atoms with Gasteiger partial charge < -0.3 is 14.8 Å². The van der Waals surface area contributed by atoms with Crippen LogP contribution >= 0.6 is 15.9 Å². The largest absolute Gasteiger partial charge is 0.496 e. The average molecular weight is 528 g/mol. The Kier molecular flexibility index (Phi) is 8.10. The van der Waals surface area contributed by atoms with Gasteiger partial charge in [0, 0.05) is 10.0 Å². The van der Waals surface area contributed by atoms with Gasteiger partial charge in [0.05, 0.1) is 18.5 Å². The number of halogens is 2. The Bertz CT molecular complexity index is 1280. The second-order valence-electron chi connectivity index (χ2n) is 6.80. The van der Waals surface area contributed by atoms with Crippen LogP contribution in [0.4, 0.5) is 10.1 Å². The predicted octanol–water partition coefficient (Wildman–Crippen LogP) is 4.29. The van der Waals surface area contributed by atoms with Crippen molar-refractivity contribution in [2.75, 3.05) is 12.4 Å². The molecule has 2 amide bonds. The van der Waals surface area contributed by atoms with E-state index in [0.717, 1.165) is 6.07 Å². The molecule has 3 aromatic carbocycles. The van der Waals surface area contributed by atoms with E-state index in [2.05, 4.69) is 31.8 Å². The molecule has 34 heavy (non-hydrogen) atoms. The number of carbonyl (C=O) groups excluding carboxylic acids is 3. The van der Waals surface area contributed by atoms with E-state index in [1.54, 1.807) is 55.5 Å². The smallest absolute Gasteiger partial charge is 0.347 e. The van der Waals surface area contributed by atoms with E-state index in [9.17, 15) is 18.8 Å². The standard InChI is InChI=1S/C24H19BrFN3O5/c1-14(28-29-23(31)22(30)27-19-12-11-15(25)13-18(19)26)16-7-3-6-10-21(16)34-24(32)17-8-4-5-9-20(17)33-2/h3-13H,1-2H3,(H,27,30)(H,29,31)/b28-14+. The average Bonchev–Trinajstić information content (AvgIpc) is 2.84. The third kappa shape index (κ3) is 6.04. The maximum absolute atomic E-state index is 13.9. The summed E-state index contributed by atoms with van der Waals surface area (Å²) in [6.07, 6.45) is 0. The number of rotatable bonds is 6. The van der Waals surface area contributed by atoms with Gasteiger partial charge in [-0.25, -0.2) is 14.6 Å². The summed E-state index contributed by atoms with van der Waals surface area (Å²) in [5, 5.41) is 6.08. The van der Waals surface area contributed by atoms with Crippen molar-refractivity contribution in [2.45, 2.75) is 6.92 Å². The van der Waals surface area contributed by atoms with Crippen LogP contribution in [-0.2, 0) is 9.59 Å². The number of amides is 2. The Hall–Kier alpha value is -4.05. The zero-order valence-corrected chi connectivity index (χ0v) is 19.7. The molecule has 0 bridgehead atoms. The van der Waals surface area contributed by atoms with Gasteiger partial charge in [-0.1, -0.05) is 40.2 Å². The van der Waals surface area contributed by atoms with Gasteiger partial charge >= 0.3 is 17.8 Å². The summed E-state index contributed by atoms with van der Waals surface area (Å²) < 4.78 is 25.1. The fraction of sp³-hybridized carbons (Fsp3) is 0.0833. The Labute approximate surface area is 202 Å². The first-order valence-electron chi connectivity index (χ1n) is 9.85. The zero-order chi connectivity index (χ0) is 24.7. The molecule has 8 nitrogen and oxygen atoms in total. The molecule has 0 radical (unpaired) electrons. The number of esters is 1. The molecule has 3 aromatic rings. The lowest BCUT2D eigenvalue weighted by atomic mass is 10.1. The van der Waals surface area contributed by atoms with Gasteiger partial charge in [0.2, 0.25) is 0 Å². The SMILES string of the molecule is COc1ccccc1C(=O)Oc1ccccc1/C(C)=N/NC(=O)C(=O)Nc1ccc(Br)cc1F. The molecule has 0 atom stereocenters. The number of hydrazone groups is 1. The number of carbonyl (C=O) groups is 3. The fourth-order valence-electron chi connectivity index (χ4n) is 2.84. The molecule has 0 saturated heterocycles. The van der Waals surface area contributed by atoms with Crippen LogP contribution in [0.25, 0.3) is 0 Å². The predicted molar refractivity (Wildman–Crippen MR) is 127 cm³/mol. The number of hydrogen-bond acceptors (Lipinski definition) is 6. The van der Waals surface area contributed by atoms with E-state index in [0.29, 0.717) is 15.8 Å². The van der Waals surface area contributed by atoms with Crippen molar-refractivity contribution in [1.82, 2.24) is 5.43 Å². The number of benzene rings is 3. The number of methoxy groups -OCH3 is 1. The van der Waals surface area contributed by atoms with Crippen LogP contribution in [0, 0.1) is 5.82 Å². The summed E-state index contributed by atoms with van der Waals surface area (Å²) in [4.78, 5) is 36.8. The van der Waals surface area contributed by atoms with Crippen LogP contribution in [0.2, 0.25) is 0 Å². The van der Waals surface area contributed by atoms with Crippen LogP contribution in [-0.4, -0.2) is 30.6 Å². The molecule has 0 spiro atoms. The summed E-state index contributed by atoms with van der Waals surface area (Å²) in [5.74, 6) is -3.01. The van der Waals surface area contributed by atoms with E-state index < -0.39 is 23.6 Å². The second kappa shape index (κ2) is 11.2. The van der Waals surface area contributed by atoms with Gasteiger partial charge in [-0.15, -0.1) is 0 Å². The van der Waals surface area contributed by atoms with Crippen LogP contribution in [0.5, 0.6) is 11.5 Å². The van der Waals surface area contributed by atoms with Crippen molar-refractivity contribution in [3.8, 4) is 11.5 Å². The summed E-state index contributed by atoms with van der Waals surface area (Å²) in [5.41, 5.74) is 2.86. The number of nitrogens with one attached hydrogen (secondary N) is 2. The van der Waals surface area contributed by atoms with Crippen LogP contribution < -0.4 is 20.2 Å². The van der Waals surface area contributed by atoms with Gasteiger partial charge in [0.25, 0.3) is 0 Å². The van der Waals surface area contributed by atoms with Gasteiger partial charge in [-0.2, -0.15) is 5.10 Å². The lowest BCUT2D eigenvalue weighted by Gasteiger charge is -2.12. The van der Waals surface area contributed by atoms with Crippen LogP contribution in [0.15, 0.2) is 76.3 Å². The molecule has 3 rings (SSSR count). The molecule has 0 aliphatic rings. The van der Waals surface area contributed by atoms with E-state index in [4.69, 9.17) is 9.47 Å². The Morgan fingerprint density at radius 3 is 2.24 bits per heavy atom. The molecule has 0 heterocycles. The molecule has 0 aliphatic heterocycles. The minimum Gasteiger partial charge on any atom is -0.496 e. The van der Waals surface area contributed by atoms with Gasteiger partial charge in [0.15, 0.2) is 0 Å². The highest BCUT2D eigenvalue weighted by Gasteiger charge is 2.18. The lowest BCUT2D eigenvalue weighted by molar-refractivity contribution is -0.136. The molecule has 174 valence electrons. The Morgan fingerprint density at radius 2 is 1.56 bits per heavy atom. The highest BCUT2D eigenvalue weighted by atomic mass is 79.9. The highest BCUT2D eigenvalue weighted by molar-refractivity contribution is 9.10. The molecular formula is C24H19BrFN3O5. The van der Waals surface area contributed by atoms with Crippen molar-refractivity contribution in [3.63, 3.8) is 0 Å². The number of anilines is 1. The monoisotopic (exact) mass is 527 g/mol. The Balaban J connectivity index is 1.71. The normalized spacial score (nSPS) is 10.9. The van der Waals surface area contributed by atoms with Crippen molar-refractivity contribution >= 4 is 45.1 Å². The molecule has 2 N–H and O–H groups in total. The molecule has 0 saturated carbocycles. The topological polar surface area (TPSA) is 106 Å².